The van der Waals surface area contributed by atoms with Gasteiger partial charge in [0, 0.05) is 0 Å². The second kappa shape index (κ2) is 4.70. The lowest BCUT2D eigenvalue weighted by molar-refractivity contribution is 0.201. The van der Waals surface area contributed by atoms with Crippen molar-refractivity contribution >= 4 is 11.6 Å². The van der Waals surface area contributed by atoms with Crippen molar-refractivity contribution in [3.05, 3.63) is 28.8 Å². The van der Waals surface area contributed by atoms with E-state index in [4.69, 9.17) is 26.7 Å². The van der Waals surface area contributed by atoms with E-state index < -0.39 is 0 Å². The van der Waals surface area contributed by atoms with E-state index in [2.05, 4.69) is 0 Å². The summed E-state index contributed by atoms with van der Waals surface area (Å²) in [6.07, 6.45) is 0. The van der Waals surface area contributed by atoms with E-state index in [-0.39, 0.29) is 13.2 Å². The quantitative estimate of drug-likeness (QED) is 0.801. The van der Waals surface area contributed by atoms with Crippen molar-refractivity contribution in [3.63, 3.8) is 0 Å². The van der Waals surface area contributed by atoms with E-state index in [1.165, 1.54) is 0 Å². The molecule has 0 amide bonds. The van der Waals surface area contributed by atoms with Crippen molar-refractivity contribution in [3.8, 4) is 11.8 Å². The molecule has 1 rings (SSSR count). The molecule has 0 fully saturated rings. The van der Waals surface area contributed by atoms with Crippen LogP contribution in [0.5, 0.6) is 5.75 Å². The first-order valence-corrected chi connectivity index (χ1v) is 4.09. The van der Waals surface area contributed by atoms with Gasteiger partial charge in [-0.25, -0.2) is 0 Å². The number of hydrogen-bond donors (Lipinski definition) is 1. The van der Waals surface area contributed by atoms with Gasteiger partial charge in [0.25, 0.3) is 0 Å². The van der Waals surface area contributed by atoms with Gasteiger partial charge >= 0.3 is 0 Å². The predicted octanol–water partition coefficient (Wildman–Crippen LogP) is 1.58. The standard InChI is InChI=1S/C9H8ClNO2/c10-8-2-1-3-9(7(8)6-11)13-5-4-12/h1-3,12H,4-5H2. The van der Waals surface area contributed by atoms with Crippen LogP contribution in [0.3, 0.4) is 0 Å². The zero-order valence-corrected chi connectivity index (χ0v) is 7.58. The maximum absolute atomic E-state index is 8.72. The Labute approximate surface area is 81.1 Å². The minimum atomic E-state index is -0.0859. The van der Waals surface area contributed by atoms with Gasteiger partial charge in [0.15, 0.2) is 0 Å². The molecule has 0 atom stereocenters. The van der Waals surface area contributed by atoms with Crippen molar-refractivity contribution in [2.24, 2.45) is 0 Å². The zero-order valence-electron chi connectivity index (χ0n) is 6.83. The number of halogens is 1. The highest BCUT2D eigenvalue weighted by Gasteiger charge is 2.06. The summed E-state index contributed by atoms with van der Waals surface area (Å²) in [7, 11) is 0. The van der Waals surface area contributed by atoms with Crippen LogP contribution < -0.4 is 4.74 Å². The van der Waals surface area contributed by atoms with Crippen LogP contribution in [0, 0.1) is 11.3 Å². The Hall–Kier alpha value is -1.24. The fraction of sp³-hybridized carbons (Fsp3) is 0.222. The van der Waals surface area contributed by atoms with Crippen LogP contribution in [-0.2, 0) is 0 Å². The molecule has 13 heavy (non-hydrogen) atoms. The van der Waals surface area contributed by atoms with Crippen molar-refractivity contribution in [2.75, 3.05) is 13.2 Å². The van der Waals surface area contributed by atoms with Crippen LogP contribution in [-0.4, -0.2) is 18.3 Å². The number of nitrogens with zero attached hydrogens (tertiary/aromatic N) is 1. The number of hydrogen-bond acceptors (Lipinski definition) is 3. The Morgan fingerprint density at radius 3 is 2.92 bits per heavy atom. The fourth-order valence-corrected chi connectivity index (χ4v) is 1.10. The number of nitriles is 1. The lowest BCUT2D eigenvalue weighted by Gasteiger charge is -2.06. The summed E-state index contributed by atoms with van der Waals surface area (Å²) in [6.45, 7) is 0.0758. The lowest BCUT2D eigenvalue weighted by atomic mass is 10.2. The molecule has 0 radical (unpaired) electrons. The monoisotopic (exact) mass is 197 g/mol. The molecule has 1 aromatic rings. The summed E-state index contributed by atoms with van der Waals surface area (Å²) in [6, 6.07) is 6.88. The largest absolute Gasteiger partial charge is 0.490 e. The lowest BCUT2D eigenvalue weighted by Crippen LogP contribution is -2.02. The van der Waals surface area contributed by atoms with Gasteiger partial charge in [-0.05, 0) is 12.1 Å². The number of aliphatic hydroxyl groups excluding tert-OH is 1. The normalized spacial score (nSPS) is 9.31. The van der Waals surface area contributed by atoms with Crippen LogP contribution in [0.15, 0.2) is 18.2 Å². The fourth-order valence-electron chi connectivity index (χ4n) is 0.889. The average molecular weight is 198 g/mol. The van der Waals surface area contributed by atoms with Gasteiger partial charge in [0.05, 0.1) is 11.6 Å². The van der Waals surface area contributed by atoms with E-state index in [1.54, 1.807) is 18.2 Å². The van der Waals surface area contributed by atoms with Gasteiger partial charge in [-0.15, -0.1) is 0 Å². The van der Waals surface area contributed by atoms with E-state index in [1.807, 2.05) is 6.07 Å². The first kappa shape index (κ1) is 9.85. The molecule has 0 heterocycles. The molecule has 68 valence electrons. The van der Waals surface area contributed by atoms with Gasteiger partial charge < -0.3 is 9.84 Å². The Bertz CT molecular complexity index is 333. The third-order valence-corrected chi connectivity index (χ3v) is 1.75. The van der Waals surface area contributed by atoms with E-state index in [0.717, 1.165) is 0 Å². The Kier molecular flexibility index (Phi) is 3.56. The molecular weight excluding hydrogens is 190 g/mol. The highest BCUT2D eigenvalue weighted by Crippen LogP contribution is 2.24. The molecule has 0 aliphatic heterocycles. The Morgan fingerprint density at radius 1 is 1.54 bits per heavy atom. The second-order valence-electron chi connectivity index (χ2n) is 2.30. The summed E-state index contributed by atoms with van der Waals surface area (Å²) in [5.74, 6) is 0.407. The molecule has 0 saturated heterocycles. The number of benzene rings is 1. The highest BCUT2D eigenvalue weighted by molar-refractivity contribution is 6.31. The number of aliphatic hydroxyl groups is 1. The van der Waals surface area contributed by atoms with Crippen molar-refractivity contribution in [2.45, 2.75) is 0 Å². The number of ether oxygens (including phenoxy) is 1. The second-order valence-corrected chi connectivity index (χ2v) is 2.70. The summed E-state index contributed by atoms with van der Waals surface area (Å²) >= 11 is 5.74. The maximum Gasteiger partial charge on any atom is 0.138 e. The van der Waals surface area contributed by atoms with E-state index in [9.17, 15) is 0 Å². The van der Waals surface area contributed by atoms with Gasteiger partial charge in [0.2, 0.25) is 0 Å². The van der Waals surface area contributed by atoms with Crippen LogP contribution in [0.4, 0.5) is 0 Å². The molecular formula is C9H8ClNO2. The molecule has 0 unspecified atom stereocenters. The summed E-state index contributed by atoms with van der Waals surface area (Å²) in [5, 5.41) is 17.6. The average Bonchev–Trinajstić information content (AvgIpc) is 2.15. The van der Waals surface area contributed by atoms with Crippen molar-refractivity contribution < 1.29 is 9.84 Å². The molecule has 3 nitrogen and oxygen atoms in total. The van der Waals surface area contributed by atoms with Gasteiger partial charge in [-0.3, -0.25) is 0 Å². The smallest absolute Gasteiger partial charge is 0.138 e. The first-order valence-electron chi connectivity index (χ1n) is 3.72. The van der Waals surface area contributed by atoms with Gasteiger partial charge in [-0.2, -0.15) is 5.26 Å². The molecule has 0 bridgehead atoms. The molecule has 0 aliphatic rings. The van der Waals surface area contributed by atoms with Gasteiger partial charge in [0.1, 0.15) is 24.0 Å². The van der Waals surface area contributed by atoms with Crippen LogP contribution >= 0.6 is 11.6 Å². The SMILES string of the molecule is N#Cc1c(Cl)cccc1OCCO. The minimum absolute atomic E-state index is 0.0859. The summed E-state index contributed by atoms with van der Waals surface area (Å²) in [4.78, 5) is 0. The zero-order chi connectivity index (χ0) is 9.68. The maximum atomic E-state index is 8.72. The summed E-state index contributed by atoms with van der Waals surface area (Å²) in [5.41, 5.74) is 0.303. The Balaban J connectivity index is 2.93. The molecule has 0 aromatic heterocycles. The third-order valence-electron chi connectivity index (χ3n) is 1.44. The van der Waals surface area contributed by atoms with E-state index in [0.29, 0.717) is 16.3 Å². The summed E-state index contributed by atoms with van der Waals surface area (Å²) < 4.78 is 5.10. The predicted molar refractivity (Wildman–Crippen MR) is 48.7 cm³/mol. The molecule has 1 N–H and O–H groups in total. The first-order chi connectivity index (χ1) is 6.29. The highest BCUT2D eigenvalue weighted by atomic mass is 35.5. The third kappa shape index (κ3) is 2.35. The van der Waals surface area contributed by atoms with Crippen molar-refractivity contribution in [1.82, 2.24) is 0 Å². The van der Waals surface area contributed by atoms with Crippen LogP contribution in [0.25, 0.3) is 0 Å². The topological polar surface area (TPSA) is 53.2 Å². The molecule has 0 aliphatic carbocycles. The van der Waals surface area contributed by atoms with Crippen molar-refractivity contribution in [1.29, 1.82) is 5.26 Å². The Morgan fingerprint density at radius 2 is 2.31 bits per heavy atom. The molecule has 0 spiro atoms. The number of rotatable bonds is 3. The van der Waals surface area contributed by atoms with Gasteiger partial charge in [-0.1, -0.05) is 17.7 Å². The molecule has 0 saturated carbocycles. The minimum Gasteiger partial charge on any atom is -0.490 e. The molecule has 4 heteroatoms. The van der Waals surface area contributed by atoms with Crippen LogP contribution in [0.2, 0.25) is 5.02 Å². The van der Waals surface area contributed by atoms with Crippen LogP contribution in [0.1, 0.15) is 5.56 Å². The molecule has 1 aromatic carbocycles. The van der Waals surface area contributed by atoms with E-state index >= 15 is 0 Å².